The summed E-state index contributed by atoms with van der Waals surface area (Å²) in [6, 6.07) is 0. The lowest BCUT2D eigenvalue weighted by molar-refractivity contribution is -0.160. The lowest BCUT2D eigenvalue weighted by Gasteiger charge is -2.23. The molecule has 0 radical (unpaired) electrons. The van der Waals surface area contributed by atoms with Gasteiger partial charge in [-0.1, -0.05) is 78.0 Å². The highest BCUT2D eigenvalue weighted by Crippen LogP contribution is 2.22. The van der Waals surface area contributed by atoms with Crippen LogP contribution in [0.3, 0.4) is 0 Å². The van der Waals surface area contributed by atoms with Crippen LogP contribution in [-0.4, -0.2) is 83.1 Å². The molecule has 0 saturated heterocycles. The van der Waals surface area contributed by atoms with Gasteiger partial charge < -0.3 is 35.2 Å². The van der Waals surface area contributed by atoms with Crippen molar-refractivity contribution < 1.29 is 39.5 Å². The molecule has 1 aliphatic heterocycles. The number of hydrogen-bond donors (Lipinski definition) is 5. The van der Waals surface area contributed by atoms with Gasteiger partial charge in [-0.3, -0.25) is 9.59 Å². The van der Waals surface area contributed by atoms with Gasteiger partial charge in [0.25, 0.3) is 5.91 Å². The van der Waals surface area contributed by atoms with Crippen molar-refractivity contribution in [3.8, 4) is 0 Å². The number of carbonyl (C=O) groups excluding carboxylic acids is 2. The van der Waals surface area contributed by atoms with Crippen molar-refractivity contribution in [2.75, 3.05) is 20.3 Å². The van der Waals surface area contributed by atoms with Crippen LogP contribution in [0.4, 0.5) is 0 Å². The fourth-order valence-electron chi connectivity index (χ4n) is 5.76. The molecular formula is C35H63NO8. The van der Waals surface area contributed by atoms with Crippen LogP contribution in [0.25, 0.3) is 0 Å². The Morgan fingerprint density at radius 1 is 0.909 bits per heavy atom. The predicted molar refractivity (Wildman–Crippen MR) is 174 cm³/mol. The Hall–Kier alpha value is -1.78. The van der Waals surface area contributed by atoms with Gasteiger partial charge in [0.1, 0.15) is 0 Å². The van der Waals surface area contributed by atoms with Crippen LogP contribution in [0.1, 0.15) is 118 Å². The molecule has 0 saturated carbocycles. The van der Waals surface area contributed by atoms with Crippen molar-refractivity contribution in [3.63, 3.8) is 0 Å². The number of allylic oxidation sites excluding steroid dienone is 3. The SMILES string of the molecule is CCCC1OC(=O)C(C)C[C@@H](C)CCCCC(O)CCCC(CC)/C=C/C=C(/COC)CCC(O)C(O)CC(O)CNC1=O. The lowest BCUT2D eigenvalue weighted by atomic mass is 9.92. The molecule has 0 bridgehead atoms. The molecule has 0 aromatic rings. The van der Waals surface area contributed by atoms with E-state index in [0.29, 0.717) is 50.5 Å². The quantitative estimate of drug-likeness (QED) is 0.269. The molecule has 1 heterocycles. The molecule has 0 spiro atoms. The van der Waals surface area contributed by atoms with Gasteiger partial charge in [-0.05, 0) is 68.8 Å². The van der Waals surface area contributed by atoms with Gasteiger partial charge in [0.2, 0.25) is 0 Å². The average molecular weight is 626 g/mol. The number of rotatable bonds is 5. The number of cyclic esters (lactones) is 1. The van der Waals surface area contributed by atoms with Crippen LogP contribution >= 0.6 is 0 Å². The largest absolute Gasteiger partial charge is 0.452 e. The van der Waals surface area contributed by atoms with E-state index in [4.69, 9.17) is 9.47 Å². The third-order valence-corrected chi connectivity index (χ3v) is 8.66. The molecule has 1 aliphatic rings. The van der Waals surface area contributed by atoms with Crippen LogP contribution < -0.4 is 5.32 Å². The number of nitrogens with one attached hydrogen (secondary N) is 1. The molecule has 0 aromatic heterocycles. The zero-order valence-corrected chi connectivity index (χ0v) is 28.1. The number of aliphatic hydroxyl groups is 4. The second-order valence-corrected chi connectivity index (χ2v) is 12.9. The standard InChI is InChI=1S/C35H63NO8/c1-6-12-33-34(41)36-23-30(38)22-32(40)31(39)20-19-28(24-43-5)16-10-14-27(7-2)15-11-18-29(37)17-9-8-13-25(3)21-26(4)35(42)44-33/h10,14,16,25-27,29-33,37-40H,6-9,11-13,15,17-24H2,1-5H3,(H,36,41)/b14-10+,28-16+/t25-,26?,27?,29?,30?,31?,32?,33?/m0/s1. The number of ether oxygens (including phenoxy) is 2. The molecule has 0 aromatic carbocycles. The van der Waals surface area contributed by atoms with Gasteiger partial charge in [-0.25, -0.2) is 0 Å². The smallest absolute Gasteiger partial charge is 0.309 e. The van der Waals surface area contributed by atoms with Gasteiger partial charge in [0, 0.05) is 20.1 Å². The molecule has 44 heavy (non-hydrogen) atoms. The molecule has 1 amide bonds. The minimum atomic E-state index is -1.17. The van der Waals surface area contributed by atoms with Gasteiger partial charge in [0.15, 0.2) is 6.10 Å². The predicted octanol–water partition coefficient (Wildman–Crippen LogP) is 4.99. The van der Waals surface area contributed by atoms with E-state index >= 15 is 0 Å². The first-order valence-electron chi connectivity index (χ1n) is 17.1. The van der Waals surface area contributed by atoms with E-state index in [-0.39, 0.29) is 25.0 Å². The van der Waals surface area contributed by atoms with Crippen molar-refractivity contribution in [1.29, 1.82) is 0 Å². The highest BCUT2D eigenvalue weighted by atomic mass is 16.5. The number of esters is 1. The molecule has 9 nitrogen and oxygen atoms in total. The molecule has 1 rings (SSSR count). The molecule has 5 N–H and O–H groups in total. The first-order valence-corrected chi connectivity index (χ1v) is 17.1. The number of amides is 1. The summed E-state index contributed by atoms with van der Waals surface area (Å²) in [4.78, 5) is 25.7. The van der Waals surface area contributed by atoms with Crippen LogP contribution in [-0.2, 0) is 19.1 Å². The van der Waals surface area contributed by atoms with Gasteiger partial charge in [-0.15, -0.1) is 0 Å². The molecular weight excluding hydrogens is 562 g/mol. The number of carbonyl (C=O) groups is 2. The summed E-state index contributed by atoms with van der Waals surface area (Å²) in [5, 5.41) is 44.7. The maximum atomic E-state index is 12.8. The van der Waals surface area contributed by atoms with Crippen LogP contribution in [0.15, 0.2) is 23.8 Å². The molecule has 256 valence electrons. The molecule has 0 aliphatic carbocycles. The Morgan fingerprint density at radius 3 is 2.30 bits per heavy atom. The fourth-order valence-corrected chi connectivity index (χ4v) is 5.76. The van der Waals surface area contributed by atoms with Crippen molar-refractivity contribution in [2.45, 2.75) is 148 Å². The van der Waals surface area contributed by atoms with E-state index in [9.17, 15) is 30.0 Å². The van der Waals surface area contributed by atoms with E-state index in [2.05, 4.69) is 25.2 Å². The Morgan fingerprint density at radius 2 is 1.61 bits per heavy atom. The summed E-state index contributed by atoms with van der Waals surface area (Å²) in [7, 11) is 1.62. The van der Waals surface area contributed by atoms with E-state index in [1.54, 1.807) is 7.11 Å². The Labute approximate surface area is 266 Å². The number of β-amino-alcohol motifs (C(OH)–C–C–N with tert-alkyl or cyclic N) is 1. The van der Waals surface area contributed by atoms with Crippen LogP contribution in [0, 0.1) is 17.8 Å². The van der Waals surface area contributed by atoms with Crippen molar-refractivity contribution in [2.24, 2.45) is 17.8 Å². The Kier molecular flexibility index (Phi) is 21.5. The fraction of sp³-hybridized carbons (Fsp3) is 0.829. The Balaban J connectivity index is 2.95. The average Bonchev–Trinajstić information content (AvgIpc) is 2.98. The highest BCUT2D eigenvalue weighted by Gasteiger charge is 2.27. The van der Waals surface area contributed by atoms with Crippen molar-refractivity contribution in [1.82, 2.24) is 5.32 Å². The molecule has 7 unspecified atom stereocenters. The second kappa shape index (κ2) is 23.5. The third kappa shape index (κ3) is 17.6. The van der Waals surface area contributed by atoms with E-state index in [0.717, 1.165) is 56.9 Å². The Bertz CT molecular complexity index is 847. The summed E-state index contributed by atoms with van der Waals surface area (Å²) in [6.45, 7) is 8.29. The summed E-state index contributed by atoms with van der Waals surface area (Å²) < 4.78 is 10.9. The molecule has 8 atom stereocenters. The van der Waals surface area contributed by atoms with Gasteiger partial charge >= 0.3 is 5.97 Å². The van der Waals surface area contributed by atoms with E-state index in [1.165, 1.54) is 0 Å². The summed E-state index contributed by atoms with van der Waals surface area (Å²) >= 11 is 0. The summed E-state index contributed by atoms with van der Waals surface area (Å²) in [6.07, 6.45) is 11.5. The minimum Gasteiger partial charge on any atom is -0.452 e. The molecule has 9 heteroatoms. The second-order valence-electron chi connectivity index (χ2n) is 12.9. The number of aliphatic hydroxyl groups excluding tert-OH is 4. The first kappa shape index (κ1) is 40.2. The summed E-state index contributed by atoms with van der Waals surface area (Å²) in [5.41, 5.74) is 0.987. The minimum absolute atomic E-state index is 0.106. The topological polar surface area (TPSA) is 146 Å². The maximum absolute atomic E-state index is 12.8. The van der Waals surface area contributed by atoms with Gasteiger partial charge in [0.05, 0.1) is 36.9 Å². The zero-order chi connectivity index (χ0) is 32.9. The lowest BCUT2D eigenvalue weighted by Crippen LogP contribution is -2.43. The monoisotopic (exact) mass is 625 g/mol. The first-order chi connectivity index (χ1) is 21.0. The van der Waals surface area contributed by atoms with Crippen LogP contribution in [0.2, 0.25) is 0 Å². The number of hydrogen-bond acceptors (Lipinski definition) is 8. The third-order valence-electron chi connectivity index (χ3n) is 8.66. The van der Waals surface area contributed by atoms with Gasteiger partial charge in [-0.2, -0.15) is 0 Å². The highest BCUT2D eigenvalue weighted by molar-refractivity contribution is 5.84. The van der Waals surface area contributed by atoms with E-state index < -0.39 is 36.3 Å². The molecule has 0 fully saturated rings. The normalized spacial score (nSPS) is 34.4. The van der Waals surface area contributed by atoms with Crippen molar-refractivity contribution >= 4 is 11.9 Å². The number of methoxy groups -OCH3 is 1. The van der Waals surface area contributed by atoms with E-state index in [1.807, 2.05) is 26.0 Å². The maximum Gasteiger partial charge on any atom is 0.309 e. The zero-order valence-electron chi connectivity index (χ0n) is 28.1. The van der Waals surface area contributed by atoms with Crippen LogP contribution in [0.5, 0.6) is 0 Å². The summed E-state index contributed by atoms with van der Waals surface area (Å²) in [5.74, 6) is -0.511. The van der Waals surface area contributed by atoms with Crippen molar-refractivity contribution in [3.05, 3.63) is 23.8 Å².